The molecule has 2 aromatic carbocycles. The van der Waals surface area contributed by atoms with Gasteiger partial charge in [-0.25, -0.2) is 0 Å². The second kappa shape index (κ2) is 8.08. The molecule has 150 valence electrons. The van der Waals surface area contributed by atoms with E-state index in [9.17, 15) is 4.79 Å². The standard InChI is InChI=1S/C21H21N3O4S/c1-26-17-9-8-15(10-18(17)27-2)28-12-21(14-6-4-3-5-7-14)11-16(21)19(25)23-20-24-22-13-29-20/h3-10,13,16H,11-12H2,1-2H3,(H,23,24,25). The molecule has 0 radical (unpaired) electrons. The Balaban J connectivity index is 1.53. The lowest BCUT2D eigenvalue weighted by molar-refractivity contribution is -0.117. The summed E-state index contributed by atoms with van der Waals surface area (Å²) in [6.45, 7) is 0.376. The van der Waals surface area contributed by atoms with Crippen molar-refractivity contribution >= 4 is 22.4 Å². The Hall–Kier alpha value is -3.13. The highest BCUT2D eigenvalue weighted by Gasteiger charge is 2.60. The molecule has 1 heterocycles. The highest BCUT2D eigenvalue weighted by Crippen LogP contribution is 2.55. The van der Waals surface area contributed by atoms with Gasteiger partial charge in [0.1, 0.15) is 11.3 Å². The summed E-state index contributed by atoms with van der Waals surface area (Å²) in [5.74, 6) is 1.63. The number of benzene rings is 2. The second-order valence-corrected chi connectivity index (χ2v) is 7.65. The molecule has 2 atom stereocenters. The average Bonchev–Trinajstić information content (AvgIpc) is 3.30. The molecule has 29 heavy (non-hydrogen) atoms. The Morgan fingerprint density at radius 3 is 2.66 bits per heavy atom. The molecule has 0 aliphatic heterocycles. The van der Waals surface area contributed by atoms with Crippen LogP contribution in [-0.2, 0) is 10.2 Å². The molecular weight excluding hydrogens is 390 g/mol. The van der Waals surface area contributed by atoms with E-state index in [-0.39, 0.29) is 17.2 Å². The molecule has 1 aliphatic rings. The summed E-state index contributed by atoms with van der Waals surface area (Å²) >= 11 is 1.30. The summed E-state index contributed by atoms with van der Waals surface area (Å²) in [7, 11) is 3.18. The number of rotatable bonds is 8. The lowest BCUT2D eigenvalue weighted by atomic mass is 9.94. The van der Waals surface area contributed by atoms with Gasteiger partial charge in [-0.1, -0.05) is 41.7 Å². The Bertz CT molecular complexity index is 981. The summed E-state index contributed by atoms with van der Waals surface area (Å²) < 4.78 is 16.7. The fourth-order valence-electron chi connectivity index (χ4n) is 3.52. The molecule has 0 spiro atoms. The zero-order valence-electron chi connectivity index (χ0n) is 16.1. The summed E-state index contributed by atoms with van der Waals surface area (Å²) in [6, 6.07) is 15.4. The van der Waals surface area contributed by atoms with E-state index in [0.29, 0.717) is 35.4 Å². The number of ether oxygens (including phenoxy) is 3. The average molecular weight is 411 g/mol. The fraction of sp³-hybridized carbons (Fsp3) is 0.286. The Kier molecular flexibility index (Phi) is 5.35. The van der Waals surface area contributed by atoms with Gasteiger partial charge < -0.3 is 19.5 Å². The minimum Gasteiger partial charge on any atom is -0.493 e. The van der Waals surface area contributed by atoms with Crippen molar-refractivity contribution in [3.63, 3.8) is 0 Å². The van der Waals surface area contributed by atoms with Crippen LogP contribution in [0.3, 0.4) is 0 Å². The normalized spacial score (nSPS) is 20.0. The van der Waals surface area contributed by atoms with Gasteiger partial charge in [-0.15, -0.1) is 10.2 Å². The lowest BCUT2D eigenvalue weighted by Crippen LogP contribution is -2.26. The van der Waals surface area contributed by atoms with Crippen LogP contribution in [0, 0.1) is 5.92 Å². The number of carbonyl (C=O) groups excluding carboxylic acids is 1. The van der Waals surface area contributed by atoms with Crippen molar-refractivity contribution in [2.24, 2.45) is 5.92 Å². The van der Waals surface area contributed by atoms with Crippen LogP contribution in [0.1, 0.15) is 12.0 Å². The molecule has 0 saturated heterocycles. The maximum Gasteiger partial charge on any atom is 0.230 e. The van der Waals surface area contributed by atoms with E-state index in [1.54, 1.807) is 31.9 Å². The van der Waals surface area contributed by atoms with Gasteiger partial charge >= 0.3 is 0 Å². The highest BCUT2D eigenvalue weighted by molar-refractivity contribution is 7.13. The Labute approximate surface area is 172 Å². The van der Waals surface area contributed by atoms with Crippen LogP contribution < -0.4 is 19.5 Å². The topological polar surface area (TPSA) is 82.6 Å². The first kappa shape index (κ1) is 19.2. The third-order valence-corrected chi connectivity index (χ3v) is 5.79. The van der Waals surface area contributed by atoms with Crippen molar-refractivity contribution in [3.05, 3.63) is 59.6 Å². The number of aromatic nitrogens is 2. The zero-order chi connectivity index (χ0) is 20.3. The first-order valence-corrected chi connectivity index (χ1v) is 10.0. The SMILES string of the molecule is COc1ccc(OCC2(c3ccccc3)CC2C(=O)Nc2nncs2)cc1OC. The van der Waals surface area contributed by atoms with Crippen molar-refractivity contribution in [2.75, 3.05) is 26.1 Å². The van der Waals surface area contributed by atoms with Crippen LogP contribution in [0.5, 0.6) is 17.2 Å². The van der Waals surface area contributed by atoms with Crippen LogP contribution in [-0.4, -0.2) is 36.9 Å². The van der Waals surface area contributed by atoms with Crippen LogP contribution in [0.2, 0.25) is 0 Å². The minimum absolute atomic E-state index is 0.0680. The van der Waals surface area contributed by atoms with Gasteiger partial charge in [0.2, 0.25) is 11.0 Å². The molecule has 1 amide bonds. The van der Waals surface area contributed by atoms with Crippen molar-refractivity contribution < 1.29 is 19.0 Å². The van der Waals surface area contributed by atoms with E-state index in [0.717, 1.165) is 5.56 Å². The quantitative estimate of drug-likeness (QED) is 0.611. The molecule has 7 nitrogen and oxygen atoms in total. The second-order valence-electron chi connectivity index (χ2n) is 6.82. The molecular formula is C21H21N3O4S. The van der Waals surface area contributed by atoms with Gasteiger partial charge in [-0.05, 0) is 24.1 Å². The number of methoxy groups -OCH3 is 2. The molecule has 1 aromatic heterocycles. The molecule has 3 aromatic rings. The summed E-state index contributed by atoms with van der Waals surface area (Å²) in [5.41, 5.74) is 2.29. The van der Waals surface area contributed by atoms with E-state index in [2.05, 4.69) is 15.5 Å². The molecule has 1 aliphatic carbocycles. The number of hydrogen-bond acceptors (Lipinski definition) is 7. The van der Waals surface area contributed by atoms with E-state index in [1.165, 1.54) is 11.3 Å². The molecule has 1 saturated carbocycles. The van der Waals surface area contributed by atoms with E-state index >= 15 is 0 Å². The third-order valence-electron chi connectivity index (χ3n) is 5.18. The molecule has 1 fully saturated rings. The molecule has 1 N–H and O–H groups in total. The lowest BCUT2D eigenvalue weighted by Gasteiger charge is -2.19. The van der Waals surface area contributed by atoms with Crippen LogP contribution >= 0.6 is 11.3 Å². The maximum atomic E-state index is 12.8. The van der Waals surface area contributed by atoms with E-state index < -0.39 is 0 Å². The number of nitrogens with one attached hydrogen (secondary N) is 1. The first-order chi connectivity index (χ1) is 14.2. The predicted octanol–water partition coefficient (Wildman–Crippen LogP) is 3.53. The van der Waals surface area contributed by atoms with Crippen LogP contribution in [0.15, 0.2) is 54.0 Å². The zero-order valence-corrected chi connectivity index (χ0v) is 16.9. The number of nitrogens with zero attached hydrogens (tertiary/aromatic N) is 2. The third kappa shape index (κ3) is 3.88. The largest absolute Gasteiger partial charge is 0.493 e. The Morgan fingerprint density at radius 2 is 1.97 bits per heavy atom. The molecule has 8 heteroatoms. The fourth-order valence-corrected chi connectivity index (χ4v) is 3.97. The van der Waals surface area contributed by atoms with Crippen LogP contribution in [0.4, 0.5) is 5.13 Å². The van der Waals surface area contributed by atoms with Gasteiger partial charge in [0.15, 0.2) is 11.5 Å². The van der Waals surface area contributed by atoms with Crippen molar-refractivity contribution in [1.82, 2.24) is 10.2 Å². The van der Waals surface area contributed by atoms with Gasteiger partial charge in [0.05, 0.1) is 26.7 Å². The van der Waals surface area contributed by atoms with Gasteiger partial charge in [-0.3, -0.25) is 4.79 Å². The first-order valence-electron chi connectivity index (χ1n) is 9.13. The monoisotopic (exact) mass is 411 g/mol. The van der Waals surface area contributed by atoms with Crippen molar-refractivity contribution in [3.8, 4) is 17.2 Å². The van der Waals surface area contributed by atoms with Crippen molar-refractivity contribution in [1.29, 1.82) is 0 Å². The van der Waals surface area contributed by atoms with Gasteiger partial charge in [-0.2, -0.15) is 0 Å². The van der Waals surface area contributed by atoms with Crippen LogP contribution in [0.25, 0.3) is 0 Å². The highest BCUT2D eigenvalue weighted by atomic mass is 32.1. The molecule has 0 bridgehead atoms. The molecule has 4 rings (SSSR count). The van der Waals surface area contributed by atoms with Gasteiger partial charge in [0.25, 0.3) is 0 Å². The van der Waals surface area contributed by atoms with Crippen molar-refractivity contribution in [2.45, 2.75) is 11.8 Å². The summed E-state index contributed by atoms with van der Waals surface area (Å²) in [4.78, 5) is 12.8. The number of hydrogen-bond donors (Lipinski definition) is 1. The summed E-state index contributed by atoms with van der Waals surface area (Å²) in [6.07, 6.45) is 0.703. The predicted molar refractivity (Wildman–Crippen MR) is 110 cm³/mol. The summed E-state index contributed by atoms with van der Waals surface area (Å²) in [5, 5.41) is 11.0. The van der Waals surface area contributed by atoms with Gasteiger partial charge in [0, 0.05) is 11.5 Å². The smallest absolute Gasteiger partial charge is 0.230 e. The maximum absolute atomic E-state index is 12.8. The number of amides is 1. The molecule has 2 unspecified atom stereocenters. The number of carbonyl (C=O) groups is 1. The minimum atomic E-state index is -0.386. The van der Waals surface area contributed by atoms with E-state index in [4.69, 9.17) is 14.2 Å². The van der Waals surface area contributed by atoms with E-state index in [1.807, 2.05) is 36.4 Å². The number of anilines is 1. The Morgan fingerprint density at radius 1 is 1.17 bits per heavy atom.